The third-order valence-electron chi connectivity index (χ3n) is 2.37. The first-order chi connectivity index (χ1) is 9.54. The highest BCUT2D eigenvalue weighted by Gasteiger charge is 2.09. The molecule has 0 aromatic heterocycles. The first-order valence-corrected chi connectivity index (χ1v) is 6.37. The number of halogens is 1. The Labute approximate surface area is 121 Å². The minimum atomic E-state index is -0.519. The number of benzene rings is 1. The summed E-state index contributed by atoms with van der Waals surface area (Å²) in [6.07, 6.45) is 2.25. The maximum Gasteiger partial charge on any atom is 0.338 e. The van der Waals surface area contributed by atoms with E-state index in [0.717, 1.165) is 6.08 Å². The Hall–Kier alpha value is -2.01. The molecule has 20 heavy (non-hydrogen) atoms. The van der Waals surface area contributed by atoms with Gasteiger partial charge in [-0.15, -0.1) is 0 Å². The van der Waals surface area contributed by atoms with Gasteiger partial charge in [-0.05, 0) is 31.0 Å². The summed E-state index contributed by atoms with van der Waals surface area (Å²) in [4.78, 5) is 22.4. The van der Waals surface area contributed by atoms with Crippen LogP contribution >= 0.6 is 11.6 Å². The van der Waals surface area contributed by atoms with E-state index in [4.69, 9.17) is 21.1 Å². The second kappa shape index (κ2) is 8.22. The molecule has 0 bridgehead atoms. The number of unbranched alkanes of at least 4 members (excludes halogenated alkanes) is 1. The van der Waals surface area contributed by atoms with Gasteiger partial charge in [0, 0.05) is 6.08 Å². The molecule has 0 aliphatic carbocycles. The molecule has 0 aliphatic rings. The highest BCUT2D eigenvalue weighted by molar-refractivity contribution is 6.32. The van der Waals surface area contributed by atoms with Crippen LogP contribution in [-0.4, -0.2) is 30.3 Å². The summed E-state index contributed by atoms with van der Waals surface area (Å²) in [6.45, 7) is 3.74. The molecule has 0 unspecified atom stereocenters. The van der Waals surface area contributed by atoms with Gasteiger partial charge in [0.2, 0.25) is 0 Å². The molecule has 6 heteroatoms. The average molecular weight is 299 g/mol. The fraction of sp³-hybridized carbons (Fsp3) is 0.286. The van der Waals surface area contributed by atoms with Crippen LogP contribution in [0.25, 0.3) is 0 Å². The lowest BCUT2D eigenvalue weighted by molar-refractivity contribution is -0.137. The van der Waals surface area contributed by atoms with Gasteiger partial charge in [-0.2, -0.15) is 0 Å². The predicted molar refractivity (Wildman–Crippen MR) is 73.8 cm³/mol. The third kappa shape index (κ3) is 5.32. The molecule has 0 radical (unpaired) electrons. The van der Waals surface area contributed by atoms with Crippen LogP contribution in [0, 0.1) is 0 Å². The largest absolute Gasteiger partial charge is 0.506 e. The molecular weight excluding hydrogens is 284 g/mol. The number of hydrogen-bond donors (Lipinski definition) is 1. The van der Waals surface area contributed by atoms with Crippen LogP contribution < -0.4 is 0 Å². The normalized spacial score (nSPS) is 9.85. The molecule has 0 atom stereocenters. The number of esters is 2. The summed E-state index contributed by atoms with van der Waals surface area (Å²) < 4.78 is 9.79. The number of carbonyl (C=O) groups is 2. The summed E-state index contributed by atoms with van der Waals surface area (Å²) in [6, 6.07) is 4.09. The summed E-state index contributed by atoms with van der Waals surface area (Å²) in [5.41, 5.74) is 0.269. The number of aromatic hydroxyl groups is 1. The van der Waals surface area contributed by atoms with Gasteiger partial charge in [0.25, 0.3) is 0 Å². The quantitative estimate of drug-likeness (QED) is 0.476. The minimum Gasteiger partial charge on any atom is -0.506 e. The molecule has 1 aromatic rings. The van der Waals surface area contributed by atoms with Crippen molar-refractivity contribution < 1.29 is 24.2 Å². The molecular formula is C14H15ClO5. The van der Waals surface area contributed by atoms with Crippen LogP contribution in [0.2, 0.25) is 5.02 Å². The molecule has 0 aliphatic heterocycles. The number of phenols is 1. The van der Waals surface area contributed by atoms with Gasteiger partial charge < -0.3 is 14.6 Å². The SMILES string of the molecule is C=CC(=O)OCCCCOC(=O)c1ccc(O)c(Cl)c1. The Balaban J connectivity index is 2.24. The van der Waals surface area contributed by atoms with Crippen LogP contribution in [0.5, 0.6) is 5.75 Å². The first-order valence-electron chi connectivity index (χ1n) is 5.99. The Morgan fingerprint density at radius 3 is 2.50 bits per heavy atom. The number of ether oxygens (including phenoxy) is 2. The standard InChI is InChI=1S/C14H15ClO5/c1-2-13(17)19-7-3-4-8-20-14(18)10-5-6-12(16)11(15)9-10/h2,5-6,9,16H,1,3-4,7-8H2. The lowest BCUT2D eigenvalue weighted by Crippen LogP contribution is -2.08. The van der Waals surface area contributed by atoms with E-state index in [9.17, 15) is 14.7 Å². The van der Waals surface area contributed by atoms with E-state index in [2.05, 4.69) is 6.58 Å². The van der Waals surface area contributed by atoms with Crippen LogP contribution in [0.1, 0.15) is 23.2 Å². The Morgan fingerprint density at radius 2 is 1.90 bits per heavy atom. The monoisotopic (exact) mass is 298 g/mol. The number of carbonyl (C=O) groups excluding carboxylic acids is 2. The van der Waals surface area contributed by atoms with Gasteiger partial charge in [0.15, 0.2) is 0 Å². The Kier molecular flexibility index (Phi) is 6.59. The summed E-state index contributed by atoms with van der Waals surface area (Å²) in [5, 5.41) is 9.32. The Bertz CT molecular complexity index is 498. The Morgan fingerprint density at radius 1 is 1.25 bits per heavy atom. The van der Waals surface area contributed by atoms with Crippen LogP contribution in [-0.2, 0) is 14.3 Å². The summed E-state index contributed by atoms with van der Waals surface area (Å²) in [5.74, 6) is -1.08. The highest BCUT2D eigenvalue weighted by atomic mass is 35.5. The smallest absolute Gasteiger partial charge is 0.338 e. The van der Waals surface area contributed by atoms with Crippen molar-refractivity contribution in [2.45, 2.75) is 12.8 Å². The van der Waals surface area contributed by atoms with Crippen molar-refractivity contribution in [3.63, 3.8) is 0 Å². The second-order valence-electron chi connectivity index (χ2n) is 3.88. The number of phenolic OH excluding ortho intramolecular Hbond substituents is 1. The minimum absolute atomic E-state index is 0.0905. The molecule has 1 aromatic carbocycles. The van der Waals surface area contributed by atoms with E-state index in [1.807, 2.05) is 0 Å². The molecule has 108 valence electrons. The maximum absolute atomic E-state index is 11.6. The van der Waals surface area contributed by atoms with Crippen molar-refractivity contribution in [3.05, 3.63) is 41.4 Å². The molecule has 0 saturated carbocycles. The van der Waals surface area contributed by atoms with Gasteiger partial charge in [0.1, 0.15) is 5.75 Å². The molecule has 0 spiro atoms. The molecule has 0 saturated heterocycles. The zero-order chi connectivity index (χ0) is 15.0. The van der Waals surface area contributed by atoms with Crippen LogP contribution in [0.4, 0.5) is 0 Å². The topological polar surface area (TPSA) is 72.8 Å². The fourth-order valence-electron chi connectivity index (χ4n) is 1.32. The molecule has 0 heterocycles. The van der Waals surface area contributed by atoms with Crippen molar-refractivity contribution in [3.8, 4) is 5.75 Å². The predicted octanol–water partition coefficient (Wildman–Crippen LogP) is 2.71. The lowest BCUT2D eigenvalue weighted by atomic mass is 10.2. The van der Waals surface area contributed by atoms with E-state index in [-0.39, 0.29) is 29.5 Å². The van der Waals surface area contributed by atoms with Crippen molar-refractivity contribution in [2.75, 3.05) is 13.2 Å². The van der Waals surface area contributed by atoms with Crippen LogP contribution in [0.3, 0.4) is 0 Å². The summed E-state index contributed by atoms with van der Waals surface area (Å²) in [7, 11) is 0. The fourth-order valence-corrected chi connectivity index (χ4v) is 1.50. The van der Waals surface area contributed by atoms with Crippen molar-refractivity contribution >= 4 is 23.5 Å². The average Bonchev–Trinajstić information content (AvgIpc) is 2.44. The molecule has 0 fully saturated rings. The van der Waals surface area contributed by atoms with E-state index < -0.39 is 11.9 Å². The van der Waals surface area contributed by atoms with Crippen molar-refractivity contribution in [1.29, 1.82) is 0 Å². The molecule has 1 rings (SSSR count). The van der Waals surface area contributed by atoms with E-state index in [0.29, 0.717) is 12.8 Å². The van der Waals surface area contributed by atoms with Gasteiger partial charge >= 0.3 is 11.9 Å². The first kappa shape index (κ1) is 16.0. The van der Waals surface area contributed by atoms with Gasteiger partial charge in [-0.1, -0.05) is 18.2 Å². The third-order valence-corrected chi connectivity index (χ3v) is 2.67. The number of hydrogen-bond acceptors (Lipinski definition) is 5. The van der Waals surface area contributed by atoms with E-state index >= 15 is 0 Å². The van der Waals surface area contributed by atoms with E-state index in [1.54, 1.807) is 0 Å². The molecule has 1 N–H and O–H groups in total. The van der Waals surface area contributed by atoms with Crippen LogP contribution in [0.15, 0.2) is 30.9 Å². The zero-order valence-corrected chi connectivity index (χ0v) is 11.6. The van der Waals surface area contributed by atoms with E-state index in [1.165, 1.54) is 18.2 Å². The van der Waals surface area contributed by atoms with Gasteiger partial charge in [-0.25, -0.2) is 9.59 Å². The second-order valence-corrected chi connectivity index (χ2v) is 4.29. The van der Waals surface area contributed by atoms with Crippen molar-refractivity contribution in [1.82, 2.24) is 0 Å². The van der Waals surface area contributed by atoms with Gasteiger partial charge in [-0.3, -0.25) is 0 Å². The highest BCUT2D eigenvalue weighted by Crippen LogP contribution is 2.23. The lowest BCUT2D eigenvalue weighted by Gasteiger charge is -2.06. The van der Waals surface area contributed by atoms with Gasteiger partial charge in [0.05, 0.1) is 23.8 Å². The van der Waals surface area contributed by atoms with Crippen molar-refractivity contribution in [2.24, 2.45) is 0 Å². The molecule has 0 amide bonds. The number of rotatable bonds is 7. The molecule has 5 nitrogen and oxygen atoms in total. The zero-order valence-electron chi connectivity index (χ0n) is 10.8. The maximum atomic E-state index is 11.6. The summed E-state index contributed by atoms with van der Waals surface area (Å²) >= 11 is 5.69.